The fourth-order valence-electron chi connectivity index (χ4n) is 2.21. The Hall–Kier alpha value is -1.88. The van der Waals surface area contributed by atoms with Gasteiger partial charge in [0, 0.05) is 0 Å². The van der Waals surface area contributed by atoms with Gasteiger partial charge in [0.25, 0.3) is 0 Å². The van der Waals surface area contributed by atoms with Gasteiger partial charge < -0.3 is 0 Å². The van der Waals surface area contributed by atoms with E-state index < -0.39 is 5.82 Å². The first-order valence-electron chi connectivity index (χ1n) is 6.10. The smallest absolute Gasteiger partial charge is 0.238 e. The van der Waals surface area contributed by atoms with E-state index in [1.54, 1.807) is 30.3 Å². The first kappa shape index (κ1) is 13.1. The molecule has 3 rings (SSSR count). The van der Waals surface area contributed by atoms with Crippen LogP contribution < -0.4 is 4.90 Å². The molecule has 1 aliphatic rings. The first-order chi connectivity index (χ1) is 9.66. The Balaban J connectivity index is 2.01. The van der Waals surface area contributed by atoms with Gasteiger partial charge in [0.1, 0.15) is 17.0 Å². The predicted molar refractivity (Wildman–Crippen MR) is 75.5 cm³/mol. The number of nitrogens with zero attached hydrogens (tertiary/aromatic N) is 1. The van der Waals surface area contributed by atoms with Crippen LogP contribution in [-0.4, -0.2) is 11.7 Å². The topological polar surface area (TPSA) is 20.3 Å². The van der Waals surface area contributed by atoms with Crippen LogP contribution in [0, 0.1) is 11.6 Å². The lowest BCUT2D eigenvalue weighted by atomic mass is 10.2. The number of hydrogen-bond acceptors (Lipinski definition) is 2. The number of anilines is 1. The second kappa shape index (κ2) is 5.25. The van der Waals surface area contributed by atoms with Crippen molar-refractivity contribution in [2.45, 2.75) is 5.37 Å². The van der Waals surface area contributed by atoms with E-state index in [0.717, 1.165) is 5.56 Å². The van der Waals surface area contributed by atoms with Gasteiger partial charge in [-0.1, -0.05) is 24.3 Å². The summed E-state index contributed by atoms with van der Waals surface area (Å²) in [6.45, 7) is 0. The van der Waals surface area contributed by atoms with Gasteiger partial charge in [-0.05, 0) is 29.8 Å². The fourth-order valence-corrected chi connectivity index (χ4v) is 3.37. The third-order valence-electron chi connectivity index (χ3n) is 3.14. The number of rotatable bonds is 2. The monoisotopic (exact) mass is 291 g/mol. The summed E-state index contributed by atoms with van der Waals surface area (Å²) in [7, 11) is 0. The fraction of sp³-hybridized carbons (Fsp3) is 0.133. The molecule has 1 aliphatic heterocycles. The van der Waals surface area contributed by atoms with E-state index in [0.29, 0.717) is 0 Å². The minimum atomic E-state index is -0.435. The van der Waals surface area contributed by atoms with E-state index in [9.17, 15) is 13.6 Å². The van der Waals surface area contributed by atoms with Crippen LogP contribution in [0.5, 0.6) is 0 Å². The molecule has 0 aromatic heterocycles. The highest BCUT2D eigenvalue weighted by Gasteiger charge is 2.35. The van der Waals surface area contributed by atoms with E-state index in [1.807, 2.05) is 0 Å². The Bertz CT molecular complexity index is 645. The maximum atomic E-state index is 13.9. The number of amides is 1. The van der Waals surface area contributed by atoms with Crippen LogP contribution in [0.1, 0.15) is 10.9 Å². The third-order valence-corrected chi connectivity index (χ3v) is 4.35. The van der Waals surface area contributed by atoms with Crippen molar-refractivity contribution in [1.29, 1.82) is 0 Å². The highest BCUT2D eigenvalue weighted by Crippen LogP contribution is 2.42. The normalized spacial score (nSPS) is 18.6. The van der Waals surface area contributed by atoms with E-state index in [4.69, 9.17) is 0 Å². The Labute approximate surface area is 119 Å². The molecule has 1 saturated heterocycles. The Morgan fingerprint density at radius 1 is 1.05 bits per heavy atom. The summed E-state index contributed by atoms with van der Waals surface area (Å²) in [6.07, 6.45) is 0. The lowest BCUT2D eigenvalue weighted by Crippen LogP contribution is -2.28. The number of carbonyl (C=O) groups excluding carboxylic acids is 1. The molecule has 0 spiro atoms. The molecule has 2 aromatic carbocycles. The van der Waals surface area contributed by atoms with Crippen LogP contribution in [0.4, 0.5) is 14.5 Å². The van der Waals surface area contributed by atoms with Crippen LogP contribution in [0.25, 0.3) is 0 Å². The van der Waals surface area contributed by atoms with E-state index in [1.165, 1.54) is 34.9 Å². The molecule has 0 radical (unpaired) electrons. The molecule has 0 saturated carbocycles. The van der Waals surface area contributed by atoms with Gasteiger partial charge in [-0.2, -0.15) is 0 Å². The number of halogens is 2. The summed E-state index contributed by atoms with van der Waals surface area (Å²) in [5.74, 6) is -0.624. The first-order valence-corrected chi connectivity index (χ1v) is 7.15. The Morgan fingerprint density at radius 2 is 1.75 bits per heavy atom. The maximum Gasteiger partial charge on any atom is 0.238 e. The molecule has 2 nitrogen and oxygen atoms in total. The standard InChI is InChI=1S/C15H11F2NOS/c16-11-7-5-10(6-8-11)15-18(14(19)9-20-15)13-4-2-1-3-12(13)17/h1-8,15H,9H2/t15-/m1/s1. The van der Waals surface area contributed by atoms with E-state index in [-0.39, 0.29) is 28.5 Å². The van der Waals surface area contributed by atoms with Crippen LogP contribution >= 0.6 is 11.8 Å². The van der Waals surface area contributed by atoms with Gasteiger partial charge in [-0.25, -0.2) is 8.78 Å². The highest BCUT2D eigenvalue weighted by molar-refractivity contribution is 8.00. The summed E-state index contributed by atoms with van der Waals surface area (Å²) in [6, 6.07) is 12.1. The molecule has 0 unspecified atom stereocenters. The third kappa shape index (κ3) is 2.29. The number of benzene rings is 2. The van der Waals surface area contributed by atoms with Crippen molar-refractivity contribution in [3.8, 4) is 0 Å². The van der Waals surface area contributed by atoms with Crippen molar-refractivity contribution in [3.05, 3.63) is 65.7 Å². The molecule has 0 aliphatic carbocycles. The van der Waals surface area contributed by atoms with Crippen LogP contribution in [0.3, 0.4) is 0 Å². The van der Waals surface area contributed by atoms with E-state index >= 15 is 0 Å². The van der Waals surface area contributed by atoms with Gasteiger partial charge in [0.05, 0.1) is 11.4 Å². The number of hydrogen-bond donors (Lipinski definition) is 0. The van der Waals surface area contributed by atoms with E-state index in [2.05, 4.69) is 0 Å². The number of thioether (sulfide) groups is 1. The van der Waals surface area contributed by atoms with Crippen LogP contribution in [0.15, 0.2) is 48.5 Å². The van der Waals surface area contributed by atoms with Crippen molar-refractivity contribution in [3.63, 3.8) is 0 Å². The largest absolute Gasteiger partial charge is 0.292 e. The predicted octanol–water partition coefficient (Wildman–Crippen LogP) is 3.74. The number of carbonyl (C=O) groups is 1. The molecule has 0 N–H and O–H groups in total. The van der Waals surface area contributed by atoms with Gasteiger partial charge in [-0.15, -0.1) is 11.8 Å². The minimum absolute atomic E-state index is 0.144. The average Bonchev–Trinajstić information content (AvgIpc) is 2.82. The molecule has 5 heteroatoms. The molecule has 102 valence electrons. The zero-order valence-electron chi connectivity index (χ0n) is 10.4. The Morgan fingerprint density at radius 3 is 2.45 bits per heavy atom. The second-order valence-electron chi connectivity index (χ2n) is 4.43. The number of para-hydroxylation sites is 1. The molecule has 1 atom stereocenters. The van der Waals surface area contributed by atoms with Gasteiger partial charge >= 0.3 is 0 Å². The molecule has 2 aromatic rings. The van der Waals surface area contributed by atoms with Crippen molar-refractivity contribution < 1.29 is 13.6 Å². The lowest BCUT2D eigenvalue weighted by molar-refractivity contribution is -0.115. The van der Waals surface area contributed by atoms with Gasteiger partial charge in [-0.3, -0.25) is 9.69 Å². The van der Waals surface area contributed by atoms with Crippen molar-refractivity contribution in [2.24, 2.45) is 0 Å². The molecule has 0 bridgehead atoms. The van der Waals surface area contributed by atoms with Crippen LogP contribution in [-0.2, 0) is 4.79 Å². The van der Waals surface area contributed by atoms with Crippen molar-refractivity contribution in [1.82, 2.24) is 0 Å². The quantitative estimate of drug-likeness (QED) is 0.840. The highest BCUT2D eigenvalue weighted by atomic mass is 32.2. The molecule has 1 fully saturated rings. The SMILES string of the molecule is O=C1CS[C@H](c2ccc(F)cc2)N1c1ccccc1F. The second-order valence-corrected chi connectivity index (χ2v) is 5.50. The molecule has 20 heavy (non-hydrogen) atoms. The summed E-state index contributed by atoms with van der Waals surface area (Å²) in [5, 5.41) is -0.319. The zero-order valence-corrected chi connectivity index (χ0v) is 11.2. The molecule has 1 amide bonds. The molecular weight excluding hydrogens is 280 g/mol. The molecule has 1 heterocycles. The average molecular weight is 291 g/mol. The van der Waals surface area contributed by atoms with Gasteiger partial charge in [0.2, 0.25) is 5.91 Å². The van der Waals surface area contributed by atoms with Crippen molar-refractivity contribution >= 4 is 23.4 Å². The molecular formula is C15H11F2NOS. The summed E-state index contributed by atoms with van der Waals surface area (Å²) >= 11 is 1.41. The summed E-state index contributed by atoms with van der Waals surface area (Å²) in [4.78, 5) is 13.5. The zero-order chi connectivity index (χ0) is 14.1. The van der Waals surface area contributed by atoms with Crippen LogP contribution in [0.2, 0.25) is 0 Å². The van der Waals surface area contributed by atoms with Gasteiger partial charge in [0.15, 0.2) is 0 Å². The maximum absolute atomic E-state index is 13.9. The lowest BCUT2D eigenvalue weighted by Gasteiger charge is -2.24. The summed E-state index contributed by atoms with van der Waals surface area (Å²) in [5.41, 5.74) is 1.04. The van der Waals surface area contributed by atoms with Crippen molar-refractivity contribution in [2.75, 3.05) is 10.7 Å². The Kier molecular flexibility index (Phi) is 3.44. The summed E-state index contributed by atoms with van der Waals surface area (Å²) < 4.78 is 26.9. The minimum Gasteiger partial charge on any atom is -0.292 e.